The molecule has 1 saturated carbocycles. The first-order valence-electron chi connectivity index (χ1n) is 18.7. The number of phosphoric ester groups is 1. The lowest BCUT2D eigenvalue weighted by Gasteiger charge is -2.48. The van der Waals surface area contributed by atoms with Crippen LogP contribution in [0.2, 0.25) is 0 Å². The SMILES string of the molecule is CCCCCCCCCCCCCCCCCCOP(=O)(OCOC(C)=O)O[C@@H]1[C@H](OC)[C@H](O)[C@@H](O)[C@H](O)[C@H]1O[C@H]1O[C@H](CO)[C@H](O)[C@H](O)[C@H]1N. The van der Waals surface area contributed by atoms with Crippen LogP contribution in [-0.2, 0) is 41.9 Å². The lowest BCUT2D eigenvalue weighted by molar-refractivity contribution is -0.316. The van der Waals surface area contributed by atoms with Gasteiger partial charge in [-0.1, -0.05) is 103 Å². The summed E-state index contributed by atoms with van der Waals surface area (Å²) >= 11 is 0. The maximum absolute atomic E-state index is 13.9. The fourth-order valence-corrected chi connectivity index (χ4v) is 7.61. The minimum atomic E-state index is -4.65. The Morgan fingerprint density at radius 1 is 0.706 bits per heavy atom. The van der Waals surface area contributed by atoms with E-state index in [1.165, 1.54) is 77.7 Å². The number of esters is 1. The normalized spacial score (nSPS) is 32.5. The molecule has 0 aromatic carbocycles. The number of aliphatic hydroxyl groups is 6. The van der Waals surface area contributed by atoms with E-state index in [-0.39, 0.29) is 6.61 Å². The Kier molecular flexibility index (Phi) is 23.0. The molecule has 0 bridgehead atoms. The van der Waals surface area contributed by atoms with Gasteiger partial charge in [-0.15, -0.1) is 0 Å². The molecule has 302 valence electrons. The molecule has 2 fully saturated rings. The van der Waals surface area contributed by atoms with Gasteiger partial charge in [-0.3, -0.25) is 13.8 Å². The van der Waals surface area contributed by atoms with E-state index in [1.54, 1.807) is 0 Å². The summed E-state index contributed by atoms with van der Waals surface area (Å²) in [5.74, 6) is -0.732. The lowest BCUT2D eigenvalue weighted by Crippen LogP contribution is -2.68. The second-order valence-corrected chi connectivity index (χ2v) is 15.2. The predicted molar refractivity (Wildman–Crippen MR) is 185 cm³/mol. The van der Waals surface area contributed by atoms with Gasteiger partial charge in [0, 0.05) is 14.0 Å². The van der Waals surface area contributed by atoms with E-state index < -0.39 is 94.5 Å². The molecule has 1 aliphatic carbocycles. The average molecular weight is 760 g/mol. The van der Waals surface area contributed by atoms with Gasteiger partial charge >= 0.3 is 13.8 Å². The van der Waals surface area contributed by atoms with Gasteiger partial charge in [-0.05, 0) is 6.42 Å². The van der Waals surface area contributed by atoms with Crippen LogP contribution in [0.5, 0.6) is 0 Å². The fraction of sp³-hybridized carbons (Fsp3) is 0.971. The summed E-state index contributed by atoms with van der Waals surface area (Å²) in [7, 11) is -3.48. The quantitative estimate of drug-likeness (QED) is 0.0275. The van der Waals surface area contributed by atoms with Crippen LogP contribution in [0.25, 0.3) is 0 Å². The number of nitrogens with two attached hydrogens (primary N) is 1. The maximum Gasteiger partial charge on any atom is 0.478 e. The second-order valence-electron chi connectivity index (χ2n) is 13.6. The Balaban J connectivity index is 1.94. The topological polar surface area (TPSA) is 246 Å². The largest absolute Gasteiger partial charge is 0.478 e. The third kappa shape index (κ3) is 15.8. The van der Waals surface area contributed by atoms with Crippen molar-refractivity contribution in [2.24, 2.45) is 5.73 Å². The van der Waals surface area contributed by atoms with Crippen molar-refractivity contribution in [2.45, 2.75) is 184 Å². The Hall–Kier alpha value is -0.820. The van der Waals surface area contributed by atoms with E-state index in [0.717, 1.165) is 32.6 Å². The van der Waals surface area contributed by atoms with Crippen LogP contribution in [0.3, 0.4) is 0 Å². The van der Waals surface area contributed by atoms with Crippen LogP contribution in [0.15, 0.2) is 0 Å². The Morgan fingerprint density at radius 2 is 1.22 bits per heavy atom. The zero-order valence-corrected chi connectivity index (χ0v) is 31.6. The third-order valence-electron chi connectivity index (χ3n) is 9.48. The molecule has 0 aromatic heterocycles. The van der Waals surface area contributed by atoms with E-state index >= 15 is 0 Å². The summed E-state index contributed by atoms with van der Waals surface area (Å²) in [6.45, 7) is 1.75. The molecule has 0 spiro atoms. The first kappa shape index (κ1) is 46.3. The Morgan fingerprint density at radius 3 is 1.71 bits per heavy atom. The molecule has 16 nitrogen and oxygen atoms in total. The second kappa shape index (κ2) is 25.3. The van der Waals surface area contributed by atoms with Gasteiger partial charge in [0.2, 0.25) is 6.79 Å². The molecule has 1 unspecified atom stereocenters. The summed E-state index contributed by atoms with van der Waals surface area (Å²) in [5.41, 5.74) is 6.01. The number of aliphatic hydroxyl groups excluding tert-OH is 6. The van der Waals surface area contributed by atoms with Crippen LogP contribution in [0, 0.1) is 0 Å². The summed E-state index contributed by atoms with van der Waals surface area (Å²) in [6, 6.07) is -1.40. The van der Waals surface area contributed by atoms with Crippen molar-refractivity contribution in [1.82, 2.24) is 0 Å². The molecule has 0 amide bonds. The minimum Gasteiger partial charge on any atom is -0.438 e. The van der Waals surface area contributed by atoms with Crippen molar-refractivity contribution >= 4 is 13.8 Å². The monoisotopic (exact) mass is 759 g/mol. The molecule has 2 aliphatic rings. The van der Waals surface area contributed by atoms with Crippen molar-refractivity contribution < 1.29 is 72.5 Å². The van der Waals surface area contributed by atoms with E-state index in [9.17, 15) is 40.0 Å². The molecule has 1 aliphatic heterocycles. The van der Waals surface area contributed by atoms with E-state index in [2.05, 4.69) is 6.92 Å². The lowest BCUT2D eigenvalue weighted by atomic mass is 9.84. The number of methoxy groups -OCH3 is 1. The van der Waals surface area contributed by atoms with Crippen molar-refractivity contribution in [3.63, 3.8) is 0 Å². The number of hydrogen-bond acceptors (Lipinski definition) is 16. The summed E-state index contributed by atoms with van der Waals surface area (Å²) in [4.78, 5) is 11.4. The smallest absolute Gasteiger partial charge is 0.438 e. The van der Waals surface area contributed by atoms with Crippen molar-refractivity contribution in [3.8, 4) is 0 Å². The predicted octanol–water partition coefficient (Wildman–Crippen LogP) is 2.56. The van der Waals surface area contributed by atoms with Crippen LogP contribution >= 0.6 is 7.82 Å². The van der Waals surface area contributed by atoms with Crippen LogP contribution in [0.1, 0.15) is 117 Å². The maximum atomic E-state index is 13.9. The van der Waals surface area contributed by atoms with Crippen LogP contribution in [-0.4, -0.2) is 131 Å². The highest BCUT2D eigenvalue weighted by molar-refractivity contribution is 7.48. The average Bonchev–Trinajstić information content (AvgIpc) is 3.10. The number of rotatable bonds is 27. The number of hydrogen-bond donors (Lipinski definition) is 7. The summed E-state index contributed by atoms with van der Waals surface area (Å²) in [6.07, 6.45) is 2.25. The van der Waals surface area contributed by atoms with Gasteiger partial charge < -0.3 is 55.3 Å². The zero-order chi connectivity index (χ0) is 37.8. The molecule has 51 heavy (non-hydrogen) atoms. The van der Waals surface area contributed by atoms with E-state index in [4.69, 9.17) is 38.3 Å². The van der Waals surface area contributed by atoms with Crippen molar-refractivity contribution in [1.29, 1.82) is 0 Å². The van der Waals surface area contributed by atoms with Gasteiger partial charge in [0.1, 0.15) is 54.9 Å². The van der Waals surface area contributed by atoms with Gasteiger partial charge in [0.15, 0.2) is 6.29 Å². The molecular formula is C34H66NO15P. The summed E-state index contributed by atoms with van der Waals surface area (Å²) in [5, 5.41) is 62.4. The van der Waals surface area contributed by atoms with Crippen LogP contribution in [0.4, 0.5) is 0 Å². The molecule has 12 atom stereocenters. The molecule has 17 heteroatoms. The molecular weight excluding hydrogens is 693 g/mol. The number of unbranched alkanes of at least 4 members (excludes halogenated alkanes) is 15. The number of phosphoric acid groups is 1. The fourth-order valence-electron chi connectivity index (χ4n) is 6.35. The molecule has 8 N–H and O–H groups in total. The van der Waals surface area contributed by atoms with E-state index in [1.807, 2.05) is 0 Å². The Labute approximate surface area is 302 Å². The minimum absolute atomic E-state index is 0.0711. The molecule has 1 heterocycles. The molecule has 1 saturated heterocycles. The first-order valence-corrected chi connectivity index (χ1v) is 20.2. The standard InChI is InChI=1S/C34H66NO15P/c1-4-5-6-7-8-9-10-11-12-13-14-15-16-17-18-19-20-46-51(43,47-22-45-23(2)37)50-33-31(44-3)29(41)28(40)30(42)32(33)49-34-25(35)27(39)26(38)24(21-36)48-34/h24-34,36,38-42H,4-22,35H2,1-3H3/t24-,25-,26+,27-,28-,29-,30+,31-,32-,33-,34-,51?/m1/s1. The highest BCUT2D eigenvalue weighted by atomic mass is 31.2. The van der Waals surface area contributed by atoms with Crippen molar-refractivity contribution in [3.05, 3.63) is 0 Å². The van der Waals surface area contributed by atoms with Crippen LogP contribution < -0.4 is 5.73 Å². The first-order chi connectivity index (χ1) is 24.4. The van der Waals surface area contributed by atoms with Crippen molar-refractivity contribution in [2.75, 3.05) is 27.1 Å². The number of carbonyl (C=O) groups excluding carboxylic acids is 1. The number of carbonyl (C=O) groups is 1. The molecule has 0 aromatic rings. The van der Waals surface area contributed by atoms with E-state index in [0.29, 0.717) is 6.42 Å². The molecule has 0 radical (unpaired) electrons. The van der Waals surface area contributed by atoms with Gasteiger partial charge in [0.25, 0.3) is 0 Å². The highest BCUT2D eigenvalue weighted by Crippen LogP contribution is 2.53. The highest BCUT2D eigenvalue weighted by Gasteiger charge is 2.56. The molecule has 2 rings (SSSR count). The third-order valence-corrected chi connectivity index (χ3v) is 10.9. The Bertz CT molecular complexity index is 980. The van der Waals surface area contributed by atoms with Gasteiger partial charge in [-0.25, -0.2) is 9.09 Å². The summed E-state index contributed by atoms with van der Waals surface area (Å²) < 4.78 is 51.9. The number of ether oxygens (including phenoxy) is 4. The zero-order valence-electron chi connectivity index (χ0n) is 30.7. The van der Waals surface area contributed by atoms with Gasteiger partial charge in [0.05, 0.1) is 19.3 Å². The van der Waals surface area contributed by atoms with Gasteiger partial charge in [-0.2, -0.15) is 0 Å².